The van der Waals surface area contributed by atoms with Gasteiger partial charge in [-0.15, -0.1) is 12.4 Å². The number of halogens is 2. The molecular formula is C24H23ClFN3O. The van der Waals surface area contributed by atoms with Crippen molar-refractivity contribution in [2.45, 2.75) is 19.9 Å². The molecule has 1 N–H and O–H groups in total. The molecule has 4 aromatic rings. The van der Waals surface area contributed by atoms with Crippen LogP contribution in [0.4, 0.5) is 4.39 Å². The summed E-state index contributed by atoms with van der Waals surface area (Å²) < 4.78 is 18.1. The molecule has 2 aromatic heterocycles. The van der Waals surface area contributed by atoms with Gasteiger partial charge in [0.2, 0.25) is 0 Å². The van der Waals surface area contributed by atoms with E-state index < -0.39 is 0 Å². The highest BCUT2D eigenvalue weighted by molar-refractivity contribution is 5.87. The SMILES string of the molecule is Cc1ccc(-c2ccn(-c3ccc4c5c(n(C)c4c3)CCNC5)c(=O)c2)c(F)c1.Cl. The molecule has 1 aliphatic heterocycles. The van der Waals surface area contributed by atoms with Gasteiger partial charge in [0.1, 0.15) is 5.82 Å². The summed E-state index contributed by atoms with van der Waals surface area (Å²) in [6.45, 7) is 3.71. The molecule has 0 saturated carbocycles. The second-order valence-electron chi connectivity index (χ2n) is 7.72. The molecule has 5 rings (SSSR count). The molecule has 3 heterocycles. The minimum atomic E-state index is -0.313. The van der Waals surface area contributed by atoms with Crippen molar-refractivity contribution in [3.8, 4) is 16.8 Å². The Labute approximate surface area is 180 Å². The van der Waals surface area contributed by atoms with Gasteiger partial charge >= 0.3 is 0 Å². The van der Waals surface area contributed by atoms with Crippen molar-refractivity contribution in [1.82, 2.24) is 14.5 Å². The molecule has 0 bridgehead atoms. The Kier molecular flexibility index (Phi) is 5.26. The molecule has 30 heavy (non-hydrogen) atoms. The summed E-state index contributed by atoms with van der Waals surface area (Å²) in [5.41, 5.74) is 6.34. The number of aromatic nitrogens is 2. The summed E-state index contributed by atoms with van der Waals surface area (Å²) in [4.78, 5) is 12.8. The second-order valence-corrected chi connectivity index (χ2v) is 7.72. The average Bonchev–Trinajstić information content (AvgIpc) is 3.00. The average molecular weight is 424 g/mol. The van der Waals surface area contributed by atoms with E-state index in [1.807, 2.05) is 19.1 Å². The molecule has 154 valence electrons. The molecule has 0 amide bonds. The minimum absolute atomic E-state index is 0. The highest BCUT2D eigenvalue weighted by Gasteiger charge is 2.18. The van der Waals surface area contributed by atoms with Gasteiger partial charge in [0.05, 0.1) is 11.2 Å². The second kappa shape index (κ2) is 7.74. The molecule has 0 aliphatic carbocycles. The van der Waals surface area contributed by atoms with Crippen molar-refractivity contribution in [3.63, 3.8) is 0 Å². The van der Waals surface area contributed by atoms with E-state index in [9.17, 15) is 9.18 Å². The maximum atomic E-state index is 14.3. The Morgan fingerprint density at radius 3 is 2.67 bits per heavy atom. The van der Waals surface area contributed by atoms with Crippen LogP contribution in [-0.2, 0) is 20.0 Å². The summed E-state index contributed by atoms with van der Waals surface area (Å²) >= 11 is 0. The lowest BCUT2D eigenvalue weighted by molar-refractivity contribution is 0.622. The third-order valence-corrected chi connectivity index (χ3v) is 5.89. The first-order valence-electron chi connectivity index (χ1n) is 9.83. The van der Waals surface area contributed by atoms with E-state index >= 15 is 0 Å². The van der Waals surface area contributed by atoms with E-state index in [0.29, 0.717) is 11.1 Å². The number of pyridine rings is 1. The molecule has 4 nitrogen and oxygen atoms in total. The van der Waals surface area contributed by atoms with E-state index in [-0.39, 0.29) is 23.8 Å². The smallest absolute Gasteiger partial charge is 0.255 e. The van der Waals surface area contributed by atoms with Gasteiger partial charge < -0.3 is 9.88 Å². The van der Waals surface area contributed by atoms with Gasteiger partial charge in [0.15, 0.2) is 0 Å². The number of nitrogens with one attached hydrogen (secondary N) is 1. The first-order chi connectivity index (χ1) is 14.0. The number of nitrogens with zero attached hydrogens (tertiary/aromatic N) is 2. The van der Waals surface area contributed by atoms with Gasteiger partial charge in [-0.25, -0.2) is 4.39 Å². The predicted octanol–water partition coefficient (Wildman–Crippen LogP) is 4.51. The lowest BCUT2D eigenvalue weighted by Gasteiger charge is -2.14. The van der Waals surface area contributed by atoms with Crippen LogP contribution in [0.1, 0.15) is 16.8 Å². The van der Waals surface area contributed by atoms with Crippen molar-refractivity contribution >= 4 is 23.3 Å². The molecule has 6 heteroatoms. The van der Waals surface area contributed by atoms with Crippen molar-refractivity contribution in [1.29, 1.82) is 0 Å². The largest absolute Gasteiger partial charge is 0.347 e. The van der Waals surface area contributed by atoms with Gasteiger partial charge in [0.25, 0.3) is 5.56 Å². The zero-order valence-corrected chi connectivity index (χ0v) is 17.7. The van der Waals surface area contributed by atoms with Gasteiger partial charge in [-0.3, -0.25) is 9.36 Å². The van der Waals surface area contributed by atoms with E-state index in [0.717, 1.165) is 36.3 Å². The zero-order chi connectivity index (χ0) is 20.1. The van der Waals surface area contributed by atoms with E-state index in [1.54, 1.807) is 22.9 Å². The highest BCUT2D eigenvalue weighted by Crippen LogP contribution is 2.29. The fraction of sp³-hybridized carbons (Fsp3) is 0.208. The summed E-state index contributed by atoms with van der Waals surface area (Å²) in [7, 11) is 2.09. The van der Waals surface area contributed by atoms with Gasteiger partial charge in [0, 0.05) is 55.5 Å². The van der Waals surface area contributed by atoms with E-state index in [1.165, 1.54) is 28.8 Å². The molecule has 0 saturated heterocycles. The van der Waals surface area contributed by atoms with Crippen LogP contribution in [0.5, 0.6) is 0 Å². The molecule has 2 aromatic carbocycles. The monoisotopic (exact) mass is 423 g/mol. The molecular weight excluding hydrogens is 401 g/mol. The lowest BCUT2D eigenvalue weighted by Crippen LogP contribution is -2.24. The molecule has 0 spiro atoms. The van der Waals surface area contributed by atoms with Crippen molar-refractivity contribution in [3.05, 3.63) is 87.7 Å². The Balaban J connectivity index is 0.00000218. The Bertz CT molecular complexity index is 1320. The Hall–Kier alpha value is -2.89. The third kappa shape index (κ3) is 3.24. The minimum Gasteiger partial charge on any atom is -0.347 e. The summed E-state index contributed by atoms with van der Waals surface area (Å²) in [5.74, 6) is -0.313. The first kappa shape index (κ1) is 20.4. The topological polar surface area (TPSA) is 39.0 Å². The Morgan fingerprint density at radius 2 is 1.90 bits per heavy atom. The maximum absolute atomic E-state index is 14.3. The van der Waals surface area contributed by atoms with Crippen molar-refractivity contribution < 1.29 is 4.39 Å². The predicted molar refractivity (Wildman–Crippen MR) is 121 cm³/mol. The number of hydrogen-bond donors (Lipinski definition) is 1. The van der Waals surface area contributed by atoms with Crippen LogP contribution in [0.15, 0.2) is 59.5 Å². The standard InChI is InChI=1S/C24H22FN3O.ClH/c1-15-3-5-18(21(25)11-15)16-8-10-28(24(29)12-16)17-4-6-19-20-14-26-9-7-22(20)27(2)23(19)13-17;/h3-6,8,10-13,26H,7,9,14H2,1-2H3;1H. The number of fused-ring (bicyclic) bond motifs is 3. The summed E-state index contributed by atoms with van der Waals surface area (Å²) in [5, 5.41) is 4.66. The first-order valence-corrected chi connectivity index (χ1v) is 9.83. The summed E-state index contributed by atoms with van der Waals surface area (Å²) in [6.07, 6.45) is 2.73. The van der Waals surface area contributed by atoms with Gasteiger partial charge in [-0.2, -0.15) is 0 Å². The molecule has 1 aliphatic rings. The Morgan fingerprint density at radius 1 is 1.07 bits per heavy atom. The van der Waals surface area contributed by atoms with Gasteiger partial charge in [-0.1, -0.05) is 18.2 Å². The lowest BCUT2D eigenvalue weighted by atomic mass is 10.0. The number of benzene rings is 2. The molecule has 0 fully saturated rings. The van der Waals surface area contributed by atoms with Crippen LogP contribution in [0.25, 0.3) is 27.7 Å². The fourth-order valence-electron chi connectivity index (χ4n) is 4.36. The third-order valence-electron chi connectivity index (χ3n) is 5.89. The van der Waals surface area contributed by atoms with E-state index in [2.05, 4.69) is 29.1 Å². The molecule has 0 atom stereocenters. The number of hydrogen-bond acceptors (Lipinski definition) is 2. The van der Waals surface area contributed by atoms with Crippen LogP contribution in [0.2, 0.25) is 0 Å². The zero-order valence-electron chi connectivity index (χ0n) is 16.9. The van der Waals surface area contributed by atoms with Crippen LogP contribution < -0.4 is 10.9 Å². The van der Waals surface area contributed by atoms with E-state index in [4.69, 9.17) is 0 Å². The fourth-order valence-corrected chi connectivity index (χ4v) is 4.36. The summed E-state index contributed by atoms with van der Waals surface area (Å²) in [6, 6.07) is 14.5. The van der Waals surface area contributed by atoms with Crippen LogP contribution in [0, 0.1) is 12.7 Å². The van der Waals surface area contributed by atoms with Crippen LogP contribution in [0.3, 0.4) is 0 Å². The van der Waals surface area contributed by atoms with Crippen LogP contribution >= 0.6 is 12.4 Å². The van der Waals surface area contributed by atoms with Crippen molar-refractivity contribution in [2.75, 3.05) is 6.54 Å². The van der Waals surface area contributed by atoms with Crippen LogP contribution in [-0.4, -0.2) is 15.7 Å². The normalized spacial score (nSPS) is 13.2. The van der Waals surface area contributed by atoms with Gasteiger partial charge in [-0.05, 0) is 47.9 Å². The molecule has 0 unspecified atom stereocenters. The van der Waals surface area contributed by atoms with Crippen molar-refractivity contribution in [2.24, 2.45) is 7.05 Å². The quantitative estimate of drug-likeness (QED) is 0.515. The highest BCUT2D eigenvalue weighted by atomic mass is 35.5. The maximum Gasteiger partial charge on any atom is 0.255 e. The number of rotatable bonds is 2. The number of aryl methyl sites for hydroxylation is 2. The molecule has 0 radical (unpaired) electrons.